The molecule has 1 heterocycles. The molecule has 2 N–H and O–H groups in total. The summed E-state index contributed by atoms with van der Waals surface area (Å²) in [6, 6.07) is 48.2. The van der Waals surface area contributed by atoms with Crippen molar-refractivity contribution >= 4 is 44.1 Å². The topological polar surface area (TPSA) is 40.5 Å². The monoisotopic (exact) mass is 532 g/mol. The van der Waals surface area contributed by atoms with Crippen molar-refractivity contribution in [3.63, 3.8) is 0 Å². The largest absolute Gasteiger partial charge is 0.489 e. The van der Waals surface area contributed by atoms with Gasteiger partial charge in [-0.2, -0.15) is 0 Å². The lowest BCUT2D eigenvalue weighted by molar-refractivity contribution is 0.426. The molecule has 190 valence electrons. The molecule has 40 heavy (non-hydrogen) atoms. The molecular formula is C36H25BO2S. The smallest absolute Gasteiger partial charge is 0.423 e. The normalized spacial score (nSPS) is 11.2. The average molecular weight is 532 g/mol. The van der Waals surface area contributed by atoms with Crippen LogP contribution in [0.3, 0.4) is 0 Å². The lowest BCUT2D eigenvalue weighted by Crippen LogP contribution is -2.29. The van der Waals surface area contributed by atoms with Crippen LogP contribution in [-0.2, 0) is 0 Å². The molecule has 0 radical (unpaired) electrons. The second kappa shape index (κ2) is 10.3. The molecule has 0 amide bonds. The van der Waals surface area contributed by atoms with E-state index in [9.17, 15) is 10.0 Å². The van der Waals surface area contributed by atoms with Crippen molar-refractivity contribution in [1.82, 2.24) is 0 Å². The van der Waals surface area contributed by atoms with Crippen LogP contribution in [0.25, 0.3) is 64.7 Å². The van der Waals surface area contributed by atoms with Crippen LogP contribution in [0.4, 0.5) is 0 Å². The Bertz CT molecular complexity index is 1950. The van der Waals surface area contributed by atoms with Gasteiger partial charge in [0.2, 0.25) is 0 Å². The molecule has 0 fully saturated rings. The highest BCUT2D eigenvalue weighted by Gasteiger charge is 2.28. The van der Waals surface area contributed by atoms with Gasteiger partial charge in [0.15, 0.2) is 0 Å². The van der Waals surface area contributed by atoms with Gasteiger partial charge in [-0.05, 0) is 44.4 Å². The fraction of sp³-hybridized carbons (Fsp3) is 0. The summed E-state index contributed by atoms with van der Waals surface area (Å²) in [6.07, 6.45) is 0. The molecule has 1 aromatic heterocycles. The van der Waals surface area contributed by atoms with Gasteiger partial charge < -0.3 is 10.0 Å². The van der Waals surface area contributed by atoms with Crippen molar-refractivity contribution in [3.05, 3.63) is 140 Å². The summed E-state index contributed by atoms with van der Waals surface area (Å²) in [7, 11) is -1.56. The van der Waals surface area contributed by atoms with E-state index in [1.54, 1.807) is 11.3 Å². The van der Waals surface area contributed by atoms with Crippen LogP contribution >= 0.6 is 11.3 Å². The Morgan fingerprint density at radius 2 is 0.825 bits per heavy atom. The zero-order valence-electron chi connectivity index (χ0n) is 21.7. The first-order valence-electron chi connectivity index (χ1n) is 13.4. The molecule has 0 atom stereocenters. The Morgan fingerprint density at radius 3 is 1.30 bits per heavy atom. The van der Waals surface area contributed by atoms with Gasteiger partial charge in [0.05, 0.1) is 0 Å². The number of hydrogen-bond acceptors (Lipinski definition) is 3. The number of hydrogen-bond donors (Lipinski definition) is 2. The standard InChI is InChI=1S/C36H25BO2S/c38-37(39)29-23-13-22-28-34-32(26-18-9-3-10-19-26)30(24-14-5-1-6-15-24)31(25-16-7-2-8-17-25)33(36(34)40-35(28)29)27-20-11-4-12-21-27/h1-23,38-39H. The van der Waals surface area contributed by atoms with Crippen molar-refractivity contribution in [3.8, 4) is 44.5 Å². The third-order valence-electron chi connectivity index (χ3n) is 7.50. The van der Waals surface area contributed by atoms with Crippen molar-refractivity contribution in [2.24, 2.45) is 0 Å². The molecule has 2 nitrogen and oxygen atoms in total. The van der Waals surface area contributed by atoms with E-state index in [0.717, 1.165) is 53.6 Å². The van der Waals surface area contributed by atoms with Crippen LogP contribution in [0.1, 0.15) is 0 Å². The highest BCUT2D eigenvalue weighted by molar-refractivity contribution is 7.27. The molecule has 0 aliphatic rings. The molecular weight excluding hydrogens is 507 g/mol. The van der Waals surface area contributed by atoms with Crippen LogP contribution in [0.2, 0.25) is 0 Å². The van der Waals surface area contributed by atoms with Gasteiger partial charge in [-0.3, -0.25) is 0 Å². The minimum Gasteiger partial charge on any atom is -0.423 e. The Kier molecular flexibility index (Phi) is 6.29. The summed E-state index contributed by atoms with van der Waals surface area (Å²) in [5.41, 5.74) is 9.69. The van der Waals surface area contributed by atoms with Gasteiger partial charge in [0.1, 0.15) is 0 Å². The summed E-state index contributed by atoms with van der Waals surface area (Å²) >= 11 is 1.64. The molecule has 4 heteroatoms. The second-order valence-corrected chi connectivity index (χ2v) is 10.9. The average Bonchev–Trinajstić information content (AvgIpc) is 3.41. The lowest BCUT2D eigenvalue weighted by atomic mass is 9.78. The summed E-state index contributed by atoms with van der Waals surface area (Å²) < 4.78 is 2.03. The summed E-state index contributed by atoms with van der Waals surface area (Å²) in [5.74, 6) is 0. The molecule has 0 spiro atoms. The van der Waals surface area contributed by atoms with Gasteiger partial charge in [0.25, 0.3) is 0 Å². The molecule has 7 aromatic rings. The second-order valence-electron chi connectivity index (χ2n) is 9.87. The van der Waals surface area contributed by atoms with Crippen molar-refractivity contribution < 1.29 is 10.0 Å². The maximum atomic E-state index is 10.3. The summed E-state index contributed by atoms with van der Waals surface area (Å²) in [5, 5.41) is 22.9. The fourth-order valence-corrected chi connectivity index (χ4v) is 7.23. The van der Waals surface area contributed by atoms with Gasteiger partial charge in [0, 0.05) is 25.7 Å². The number of rotatable bonds is 5. The Hall–Kier alpha value is -4.48. The van der Waals surface area contributed by atoms with Crippen molar-refractivity contribution in [2.75, 3.05) is 0 Å². The molecule has 0 saturated carbocycles. The maximum Gasteiger partial charge on any atom is 0.489 e. The van der Waals surface area contributed by atoms with E-state index in [-0.39, 0.29) is 0 Å². The minimum atomic E-state index is -1.56. The van der Waals surface area contributed by atoms with Crippen LogP contribution < -0.4 is 5.46 Å². The van der Waals surface area contributed by atoms with Crippen LogP contribution in [-0.4, -0.2) is 17.2 Å². The molecule has 0 saturated heterocycles. The Morgan fingerprint density at radius 1 is 0.400 bits per heavy atom. The first-order chi connectivity index (χ1) is 19.7. The highest BCUT2D eigenvalue weighted by Crippen LogP contribution is 2.54. The zero-order valence-corrected chi connectivity index (χ0v) is 22.5. The van der Waals surface area contributed by atoms with E-state index in [0.29, 0.717) is 5.46 Å². The predicted molar refractivity (Wildman–Crippen MR) is 171 cm³/mol. The molecule has 6 aromatic carbocycles. The van der Waals surface area contributed by atoms with E-state index in [1.807, 2.05) is 24.3 Å². The van der Waals surface area contributed by atoms with Crippen LogP contribution in [0.15, 0.2) is 140 Å². The Labute approximate surface area is 237 Å². The molecule has 0 unspecified atom stereocenters. The van der Waals surface area contributed by atoms with Gasteiger partial charge >= 0.3 is 7.12 Å². The SMILES string of the molecule is OB(O)c1cccc2c1sc1c(-c3ccccc3)c(-c3ccccc3)c(-c3ccccc3)c(-c3ccccc3)c12. The van der Waals surface area contributed by atoms with Crippen molar-refractivity contribution in [2.45, 2.75) is 0 Å². The number of thiophene rings is 1. The molecule has 7 rings (SSSR count). The third kappa shape index (κ3) is 4.05. The quantitative estimate of drug-likeness (QED) is 0.219. The summed E-state index contributed by atoms with van der Waals surface area (Å²) in [4.78, 5) is 0. The Balaban J connectivity index is 1.82. The first-order valence-corrected chi connectivity index (χ1v) is 14.2. The lowest BCUT2D eigenvalue weighted by Gasteiger charge is -2.23. The van der Waals surface area contributed by atoms with E-state index in [4.69, 9.17) is 0 Å². The fourth-order valence-electron chi connectivity index (χ4n) is 5.82. The highest BCUT2D eigenvalue weighted by atomic mass is 32.1. The van der Waals surface area contributed by atoms with E-state index in [2.05, 4.69) is 115 Å². The predicted octanol–water partition coefficient (Wildman–Crippen LogP) is 8.40. The number of fused-ring (bicyclic) bond motifs is 3. The van der Waals surface area contributed by atoms with Gasteiger partial charge in [-0.15, -0.1) is 11.3 Å². The first kappa shape index (κ1) is 24.6. The van der Waals surface area contributed by atoms with Crippen LogP contribution in [0.5, 0.6) is 0 Å². The maximum absolute atomic E-state index is 10.3. The van der Waals surface area contributed by atoms with Crippen molar-refractivity contribution in [1.29, 1.82) is 0 Å². The van der Waals surface area contributed by atoms with E-state index in [1.165, 1.54) is 11.1 Å². The molecule has 0 aliphatic carbocycles. The summed E-state index contributed by atoms with van der Waals surface area (Å²) in [6.45, 7) is 0. The van der Waals surface area contributed by atoms with Gasteiger partial charge in [-0.25, -0.2) is 0 Å². The number of benzene rings is 6. The molecule has 0 bridgehead atoms. The minimum absolute atomic E-state index is 0.527. The van der Waals surface area contributed by atoms with Crippen LogP contribution in [0, 0.1) is 0 Å². The molecule has 0 aliphatic heterocycles. The zero-order chi connectivity index (χ0) is 27.1. The van der Waals surface area contributed by atoms with Gasteiger partial charge in [-0.1, -0.05) is 140 Å². The third-order valence-corrected chi connectivity index (χ3v) is 8.77. The van der Waals surface area contributed by atoms with E-state index >= 15 is 0 Å². The van der Waals surface area contributed by atoms with E-state index < -0.39 is 7.12 Å².